The van der Waals surface area contributed by atoms with Crippen molar-refractivity contribution < 1.29 is 14.3 Å². The summed E-state index contributed by atoms with van der Waals surface area (Å²) in [6.45, 7) is 3.63. The largest absolute Gasteiger partial charge is 0.452 e. The molecule has 0 aliphatic heterocycles. The van der Waals surface area contributed by atoms with Crippen LogP contribution >= 0.6 is 11.6 Å². The molecule has 4 nitrogen and oxygen atoms in total. The molecule has 4 aliphatic rings. The second-order valence-electron chi connectivity index (χ2n) is 8.80. The van der Waals surface area contributed by atoms with Gasteiger partial charge in [-0.1, -0.05) is 17.7 Å². The highest BCUT2D eigenvalue weighted by atomic mass is 35.5. The molecule has 4 fully saturated rings. The molecule has 1 amide bonds. The number of aryl methyl sites for hydroxylation is 1. The first kappa shape index (κ1) is 17.8. The van der Waals surface area contributed by atoms with Crippen LogP contribution in [0.4, 0.5) is 5.69 Å². The Hall–Kier alpha value is -1.55. The Bertz CT molecular complexity index is 715. The average Bonchev–Trinajstić information content (AvgIpc) is 2.54. The Labute approximate surface area is 159 Å². The standard InChI is InChI=1S/C21H26ClNO3/c1-13-3-5-17(6-4-13)23-18(24)14(2)26-19(25)20-8-15-7-16(9-20)11-21(22,10-15)12-20/h3-6,14-16H,7-12H2,1-2H3,(H,23,24)/t14-,15-,16+,20?,21?/m0/s1. The van der Waals surface area contributed by atoms with Crippen molar-refractivity contribution in [3.05, 3.63) is 29.8 Å². The Morgan fingerprint density at radius 1 is 1.15 bits per heavy atom. The first-order chi connectivity index (χ1) is 12.3. The van der Waals surface area contributed by atoms with E-state index in [2.05, 4.69) is 5.32 Å². The maximum Gasteiger partial charge on any atom is 0.312 e. The van der Waals surface area contributed by atoms with Gasteiger partial charge in [-0.05, 0) is 76.3 Å². The van der Waals surface area contributed by atoms with Crippen molar-refractivity contribution >= 4 is 29.2 Å². The van der Waals surface area contributed by atoms with Crippen LogP contribution in [0.3, 0.4) is 0 Å². The lowest BCUT2D eigenvalue weighted by Gasteiger charge is -2.58. The number of hydrogen-bond donors (Lipinski definition) is 1. The van der Waals surface area contributed by atoms with Gasteiger partial charge in [0.25, 0.3) is 5.91 Å². The molecule has 0 saturated heterocycles. The van der Waals surface area contributed by atoms with E-state index in [1.165, 1.54) is 6.42 Å². The second-order valence-corrected chi connectivity index (χ2v) is 9.60. The van der Waals surface area contributed by atoms with Crippen molar-refractivity contribution in [2.24, 2.45) is 17.3 Å². The zero-order valence-electron chi connectivity index (χ0n) is 15.4. The van der Waals surface area contributed by atoms with Gasteiger partial charge in [0, 0.05) is 10.6 Å². The van der Waals surface area contributed by atoms with E-state index >= 15 is 0 Å². The number of halogens is 1. The van der Waals surface area contributed by atoms with E-state index < -0.39 is 11.5 Å². The van der Waals surface area contributed by atoms with Crippen molar-refractivity contribution in [1.29, 1.82) is 0 Å². The Morgan fingerprint density at radius 2 is 1.77 bits per heavy atom. The molecule has 4 saturated carbocycles. The third kappa shape index (κ3) is 3.24. The average molecular weight is 376 g/mol. The summed E-state index contributed by atoms with van der Waals surface area (Å²) in [6.07, 6.45) is 4.83. The van der Waals surface area contributed by atoms with Crippen molar-refractivity contribution in [2.45, 2.75) is 63.4 Å². The molecular weight excluding hydrogens is 350 g/mol. The summed E-state index contributed by atoms with van der Waals surface area (Å²) < 4.78 is 5.63. The van der Waals surface area contributed by atoms with Crippen LogP contribution < -0.4 is 5.32 Å². The molecule has 0 aromatic heterocycles. The van der Waals surface area contributed by atoms with Crippen LogP contribution in [-0.2, 0) is 14.3 Å². The molecule has 1 aromatic carbocycles. The zero-order valence-corrected chi connectivity index (χ0v) is 16.1. The van der Waals surface area contributed by atoms with Gasteiger partial charge in [-0.2, -0.15) is 0 Å². The summed E-state index contributed by atoms with van der Waals surface area (Å²) in [7, 11) is 0. The van der Waals surface area contributed by atoms with Crippen LogP contribution in [0.15, 0.2) is 24.3 Å². The van der Waals surface area contributed by atoms with Gasteiger partial charge >= 0.3 is 5.97 Å². The van der Waals surface area contributed by atoms with Gasteiger partial charge in [-0.3, -0.25) is 9.59 Å². The van der Waals surface area contributed by atoms with Crippen molar-refractivity contribution in [2.75, 3.05) is 5.32 Å². The number of ether oxygens (including phenoxy) is 1. The Morgan fingerprint density at radius 3 is 2.35 bits per heavy atom. The molecule has 2 unspecified atom stereocenters. The molecule has 140 valence electrons. The first-order valence-electron chi connectivity index (χ1n) is 9.55. The Balaban J connectivity index is 1.41. The fraction of sp³-hybridized carbons (Fsp3) is 0.619. The van der Waals surface area contributed by atoms with Gasteiger partial charge in [0.2, 0.25) is 0 Å². The molecule has 1 N–H and O–H groups in total. The summed E-state index contributed by atoms with van der Waals surface area (Å²) >= 11 is 6.80. The molecule has 4 aliphatic carbocycles. The lowest BCUT2D eigenvalue weighted by Crippen LogP contribution is -2.57. The lowest BCUT2D eigenvalue weighted by atomic mass is 9.49. The molecule has 1 aromatic rings. The predicted molar refractivity (Wildman–Crippen MR) is 101 cm³/mol. The molecule has 0 radical (unpaired) electrons. The summed E-state index contributed by atoms with van der Waals surface area (Å²) in [5.74, 6) is 0.520. The zero-order chi connectivity index (χ0) is 18.5. The molecule has 5 atom stereocenters. The van der Waals surface area contributed by atoms with E-state index in [0.717, 1.165) is 31.2 Å². The van der Waals surface area contributed by atoms with Crippen LogP contribution in [0.1, 0.15) is 51.0 Å². The Kier molecular flexibility index (Phi) is 4.30. The minimum absolute atomic E-state index is 0.233. The van der Waals surface area contributed by atoms with Crippen molar-refractivity contribution in [1.82, 2.24) is 0 Å². The van der Waals surface area contributed by atoms with E-state index in [4.69, 9.17) is 16.3 Å². The highest BCUT2D eigenvalue weighted by molar-refractivity contribution is 6.24. The number of carbonyl (C=O) groups excluding carboxylic acids is 2. The highest BCUT2D eigenvalue weighted by Gasteiger charge is 2.61. The van der Waals surface area contributed by atoms with Gasteiger partial charge in [0.15, 0.2) is 6.10 Å². The third-order valence-corrected chi connectivity index (χ3v) is 6.84. The number of amides is 1. The van der Waals surface area contributed by atoms with Crippen LogP contribution in [0.2, 0.25) is 0 Å². The molecule has 26 heavy (non-hydrogen) atoms. The van der Waals surface area contributed by atoms with Gasteiger partial charge in [0.1, 0.15) is 0 Å². The number of hydrogen-bond acceptors (Lipinski definition) is 3. The number of benzene rings is 1. The van der Waals surface area contributed by atoms with E-state index in [9.17, 15) is 9.59 Å². The summed E-state index contributed by atoms with van der Waals surface area (Å²) in [6, 6.07) is 7.56. The maximum atomic E-state index is 13.0. The molecule has 4 bridgehead atoms. The first-order valence-corrected chi connectivity index (χ1v) is 9.92. The van der Waals surface area contributed by atoms with Crippen molar-refractivity contribution in [3.63, 3.8) is 0 Å². The summed E-state index contributed by atoms with van der Waals surface area (Å²) in [5, 5.41) is 2.81. The second kappa shape index (κ2) is 6.26. The van der Waals surface area contributed by atoms with Crippen LogP contribution in [0.5, 0.6) is 0 Å². The van der Waals surface area contributed by atoms with E-state index in [1.54, 1.807) is 6.92 Å². The number of carbonyl (C=O) groups is 2. The number of esters is 1. The smallest absolute Gasteiger partial charge is 0.312 e. The number of nitrogens with one attached hydrogen (secondary N) is 1. The SMILES string of the molecule is Cc1ccc(NC(=O)[C@H](C)OC(=O)C23C[C@@H]4C[C@@H](CC(Cl)(C4)C2)C3)cc1. The fourth-order valence-corrected chi connectivity index (χ4v) is 6.30. The normalized spacial score (nSPS) is 35.8. The minimum atomic E-state index is -0.817. The molecule has 5 heteroatoms. The molecule has 0 heterocycles. The van der Waals surface area contributed by atoms with Crippen LogP contribution in [-0.4, -0.2) is 22.9 Å². The van der Waals surface area contributed by atoms with Gasteiger partial charge in [-0.25, -0.2) is 0 Å². The summed E-state index contributed by atoms with van der Waals surface area (Å²) in [4.78, 5) is 25.2. The summed E-state index contributed by atoms with van der Waals surface area (Å²) in [5.41, 5.74) is 1.35. The lowest BCUT2D eigenvalue weighted by molar-refractivity contribution is -0.176. The highest BCUT2D eigenvalue weighted by Crippen LogP contribution is 2.64. The number of rotatable bonds is 4. The fourth-order valence-electron chi connectivity index (χ4n) is 5.61. The van der Waals surface area contributed by atoms with E-state index in [0.29, 0.717) is 23.9 Å². The van der Waals surface area contributed by atoms with Gasteiger partial charge in [0.05, 0.1) is 5.41 Å². The number of anilines is 1. The third-order valence-electron chi connectivity index (χ3n) is 6.39. The predicted octanol–water partition coefficient (Wildman–Crippen LogP) is 4.44. The maximum absolute atomic E-state index is 13.0. The quantitative estimate of drug-likeness (QED) is 0.625. The monoisotopic (exact) mass is 375 g/mol. The molecular formula is C21H26ClNO3. The van der Waals surface area contributed by atoms with Gasteiger partial charge < -0.3 is 10.1 Å². The molecule has 0 spiro atoms. The minimum Gasteiger partial charge on any atom is -0.452 e. The van der Waals surface area contributed by atoms with Crippen LogP contribution in [0, 0.1) is 24.2 Å². The topological polar surface area (TPSA) is 55.4 Å². The molecule has 5 rings (SSSR count). The van der Waals surface area contributed by atoms with E-state index in [-0.39, 0.29) is 16.8 Å². The number of alkyl halides is 1. The van der Waals surface area contributed by atoms with Gasteiger partial charge in [-0.15, -0.1) is 11.6 Å². The van der Waals surface area contributed by atoms with Crippen LogP contribution in [0.25, 0.3) is 0 Å². The van der Waals surface area contributed by atoms with Crippen molar-refractivity contribution in [3.8, 4) is 0 Å². The van der Waals surface area contributed by atoms with E-state index in [1.807, 2.05) is 31.2 Å².